The van der Waals surface area contributed by atoms with Gasteiger partial charge in [0.25, 0.3) is 11.8 Å². The highest BCUT2D eigenvalue weighted by molar-refractivity contribution is 5.99. The Balaban J connectivity index is 1.08. The van der Waals surface area contributed by atoms with Gasteiger partial charge < -0.3 is 14.4 Å². The predicted molar refractivity (Wildman–Crippen MR) is 137 cm³/mol. The van der Waals surface area contributed by atoms with E-state index in [0.717, 1.165) is 13.1 Å². The van der Waals surface area contributed by atoms with Crippen molar-refractivity contribution in [2.75, 3.05) is 39.3 Å². The quantitative estimate of drug-likeness (QED) is 0.422. The van der Waals surface area contributed by atoms with Gasteiger partial charge in [-0.2, -0.15) is 0 Å². The van der Waals surface area contributed by atoms with Crippen LogP contribution >= 0.6 is 0 Å². The summed E-state index contributed by atoms with van der Waals surface area (Å²) in [6, 6.07) is 20.5. The molecule has 6 nitrogen and oxygen atoms in total. The van der Waals surface area contributed by atoms with Crippen LogP contribution in [-0.4, -0.2) is 76.4 Å². The molecule has 0 spiro atoms. The number of nitrogens with zero attached hydrogens (tertiary/aromatic N) is 4. The average Bonchev–Trinajstić information content (AvgIpc) is 3.24. The van der Waals surface area contributed by atoms with E-state index in [4.69, 9.17) is 0 Å². The van der Waals surface area contributed by atoms with Gasteiger partial charge in [0.1, 0.15) is 11.6 Å². The Morgan fingerprint density at radius 1 is 0.730 bits per heavy atom. The molecular formula is C29H26F2N4O2. The van der Waals surface area contributed by atoms with Crippen LogP contribution in [0.15, 0.2) is 79.0 Å². The van der Waals surface area contributed by atoms with Crippen LogP contribution in [0.2, 0.25) is 0 Å². The number of benzene rings is 3. The van der Waals surface area contributed by atoms with Crippen LogP contribution in [-0.2, 0) is 0 Å². The van der Waals surface area contributed by atoms with E-state index in [2.05, 4.69) is 4.90 Å². The Kier molecular flexibility index (Phi) is 5.96. The van der Waals surface area contributed by atoms with Crippen molar-refractivity contribution in [3.63, 3.8) is 0 Å². The van der Waals surface area contributed by atoms with Gasteiger partial charge in [0.2, 0.25) is 0 Å². The van der Waals surface area contributed by atoms with E-state index in [1.54, 1.807) is 39.8 Å². The summed E-state index contributed by atoms with van der Waals surface area (Å²) in [5.74, 6) is -0.853. The molecule has 2 fully saturated rings. The Morgan fingerprint density at radius 2 is 1.41 bits per heavy atom. The molecule has 0 saturated carbocycles. The van der Waals surface area contributed by atoms with Crippen LogP contribution in [0.4, 0.5) is 8.78 Å². The first-order valence-electron chi connectivity index (χ1n) is 12.4. The van der Waals surface area contributed by atoms with E-state index in [0.29, 0.717) is 53.9 Å². The second-order valence-electron chi connectivity index (χ2n) is 9.61. The van der Waals surface area contributed by atoms with Crippen molar-refractivity contribution in [1.29, 1.82) is 0 Å². The molecule has 0 unspecified atom stereocenters. The van der Waals surface area contributed by atoms with Crippen LogP contribution in [0.5, 0.6) is 0 Å². The third kappa shape index (κ3) is 4.38. The second kappa shape index (κ2) is 9.44. The minimum Gasteiger partial charge on any atom is -0.336 e. The number of hydrogen-bond donors (Lipinski definition) is 0. The Labute approximate surface area is 213 Å². The van der Waals surface area contributed by atoms with E-state index in [1.807, 2.05) is 35.2 Å². The number of likely N-dealkylation sites (tertiary alicyclic amines) is 1. The molecular weight excluding hydrogens is 474 g/mol. The number of fused-ring (bicyclic) bond motifs is 1. The lowest BCUT2D eigenvalue weighted by molar-refractivity contribution is 0.00854. The van der Waals surface area contributed by atoms with Crippen molar-refractivity contribution in [3.05, 3.63) is 102 Å². The number of rotatable bonds is 4. The van der Waals surface area contributed by atoms with Gasteiger partial charge in [-0.1, -0.05) is 18.2 Å². The fraction of sp³-hybridized carbons (Fsp3) is 0.241. The smallest absolute Gasteiger partial charge is 0.253 e. The maximum Gasteiger partial charge on any atom is 0.253 e. The van der Waals surface area contributed by atoms with Gasteiger partial charge in [0.15, 0.2) is 0 Å². The molecule has 3 aromatic carbocycles. The van der Waals surface area contributed by atoms with Gasteiger partial charge in [-0.15, -0.1) is 0 Å². The monoisotopic (exact) mass is 500 g/mol. The van der Waals surface area contributed by atoms with Crippen molar-refractivity contribution in [3.8, 4) is 5.69 Å². The summed E-state index contributed by atoms with van der Waals surface area (Å²) in [6.45, 7) is 4.11. The molecule has 3 heterocycles. The number of carbonyl (C=O) groups is 2. The first-order valence-corrected chi connectivity index (χ1v) is 12.4. The molecule has 188 valence electrons. The minimum absolute atomic E-state index is 0.0570. The summed E-state index contributed by atoms with van der Waals surface area (Å²) >= 11 is 0. The van der Waals surface area contributed by atoms with E-state index in [9.17, 15) is 18.4 Å². The lowest BCUT2D eigenvalue weighted by Crippen LogP contribution is -2.64. The molecule has 0 atom stereocenters. The van der Waals surface area contributed by atoms with Crippen LogP contribution in [0, 0.1) is 11.6 Å². The molecule has 0 N–H and O–H groups in total. The van der Waals surface area contributed by atoms with Crippen molar-refractivity contribution in [2.24, 2.45) is 0 Å². The van der Waals surface area contributed by atoms with E-state index >= 15 is 0 Å². The summed E-state index contributed by atoms with van der Waals surface area (Å²) < 4.78 is 29.7. The standard InChI is InChI=1S/C29H26F2N4O2/c30-22-7-9-23(10-8-22)35-19-26(31)25-16-21(6-11-27(25)35)29(37)34-17-24(18-34)32-12-14-33(15-13-32)28(36)20-4-2-1-3-5-20/h1-11,16,19,24H,12-15,17-18H2. The Hall–Kier alpha value is -4.04. The van der Waals surface area contributed by atoms with E-state index < -0.39 is 5.82 Å². The van der Waals surface area contributed by atoms with Gasteiger partial charge in [-0.25, -0.2) is 8.78 Å². The molecule has 37 heavy (non-hydrogen) atoms. The van der Waals surface area contributed by atoms with E-state index in [1.165, 1.54) is 18.3 Å². The molecule has 6 rings (SSSR count). The molecule has 4 aromatic rings. The van der Waals surface area contributed by atoms with Crippen molar-refractivity contribution < 1.29 is 18.4 Å². The highest BCUT2D eigenvalue weighted by Crippen LogP contribution is 2.27. The summed E-state index contributed by atoms with van der Waals surface area (Å²) in [7, 11) is 0. The fourth-order valence-corrected chi connectivity index (χ4v) is 5.23. The van der Waals surface area contributed by atoms with Crippen molar-refractivity contribution >= 4 is 22.7 Å². The molecule has 0 aliphatic carbocycles. The summed E-state index contributed by atoms with van der Waals surface area (Å²) in [4.78, 5) is 31.8. The zero-order valence-electron chi connectivity index (χ0n) is 20.2. The SMILES string of the molecule is O=C(c1ccccc1)N1CCN(C2CN(C(=O)c3ccc4c(c3)c(F)cn4-c3ccc(F)cc3)C2)CC1. The maximum absolute atomic E-state index is 14.8. The van der Waals surface area contributed by atoms with Crippen molar-refractivity contribution in [1.82, 2.24) is 19.3 Å². The molecule has 8 heteroatoms. The lowest BCUT2D eigenvalue weighted by atomic mass is 10.0. The van der Waals surface area contributed by atoms with Gasteiger partial charge in [-0.05, 0) is 54.6 Å². The van der Waals surface area contributed by atoms with Crippen LogP contribution in [0.1, 0.15) is 20.7 Å². The molecule has 2 aliphatic heterocycles. The fourth-order valence-electron chi connectivity index (χ4n) is 5.23. The molecule has 2 aliphatic rings. The van der Waals surface area contributed by atoms with E-state index in [-0.39, 0.29) is 23.7 Å². The van der Waals surface area contributed by atoms with Crippen molar-refractivity contribution in [2.45, 2.75) is 6.04 Å². The number of carbonyl (C=O) groups excluding carboxylic acids is 2. The molecule has 0 bridgehead atoms. The first kappa shape index (κ1) is 23.4. The number of hydrogen-bond acceptors (Lipinski definition) is 3. The van der Waals surface area contributed by atoms with Crippen LogP contribution in [0.25, 0.3) is 16.6 Å². The molecule has 1 aromatic heterocycles. The molecule has 2 saturated heterocycles. The Morgan fingerprint density at radius 3 is 2.11 bits per heavy atom. The lowest BCUT2D eigenvalue weighted by Gasteiger charge is -2.48. The summed E-state index contributed by atoms with van der Waals surface area (Å²) in [5.41, 5.74) is 2.41. The van der Waals surface area contributed by atoms with Gasteiger partial charge >= 0.3 is 0 Å². The zero-order chi connectivity index (χ0) is 25.5. The number of piperazine rings is 1. The molecule has 0 radical (unpaired) electrons. The molecule has 2 amide bonds. The minimum atomic E-state index is -0.432. The zero-order valence-corrected chi connectivity index (χ0v) is 20.2. The van der Waals surface area contributed by atoms with Gasteiger partial charge in [0, 0.05) is 73.7 Å². The number of halogens is 2. The van der Waals surface area contributed by atoms with Gasteiger partial charge in [-0.3, -0.25) is 14.5 Å². The predicted octanol–water partition coefficient (Wildman–Crippen LogP) is 4.19. The third-order valence-electron chi connectivity index (χ3n) is 7.40. The van der Waals surface area contributed by atoms with Crippen LogP contribution in [0.3, 0.4) is 0 Å². The topological polar surface area (TPSA) is 48.8 Å². The number of aromatic nitrogens is 1. The second-order valence-corrected chi connectivity index (χ2v) is 9.61. The maximum atomic E-state index is 14.8. The normalized spacial score (nSPS) is 16.7. The third-order valence-corrected chi connectivity index (χ3v) is 7.40. The van der Waals surface area contributed by atoms with Gasteiger partial charge in [0.05, 0.1) is 5.52 Å². The van der Waals surface area contributed by atoms with Crippen LogP contribution < -0.4 is 0 Å². The largest absolute Gasteiger partial charge is 0.336 e. The Bertz CT molecular complexity index is 1450. The summed E-state index contributed by atoms with van der Waals surface area (Å²) in [6.07, 6.45) is 1.36. The highest BCUT2D eigenvalue weighted by Gasteiger charge is 2.37. The number of amides is 2. The summed E-state index contributed by atoms with van der Waals surface area (Å²) in [5, 5.41) is 0.353. The average molecular weight is 501 g/mol. The first-order chi connectivity index (χ1) is 18.0. The highest BCUT2D eigenvalue weighted by atomic mass is 19.1.